The molecule has 0 bridgehead atoms. The molecule has 0 aliphatic rings. The average molecular weight is 625 g/mol. The summed E-state index contributed by atoms with van der Waals surface area (Å²) in [5.74, 6) is 0.690. The van der Waals surface area contributed by atoms with E-state index in [0.717, 1.165) is 39.1 Å². The molecular weight excluding hydrogens is 597 g/mol. The van der Waals surface area contributed by atoms with Gasteiger partial charge in [-0.15, -0.1) is 0 Å². The highest BCUT2D eigenvalue weighted by Gasteiger charge is 2.17. The summed E-state index contributed by atoms with van der Waals surface area (Å²) in [5, 5.41) is 14.2. The van der Waals surface area contributed by atoms with Gasteiger partial charge in [0, 0.05) is 24.2 Å². The Labute approximate surface area is 283 Å². The van der Waals surface area contributed by atoms with Crippen LogP contribution in [0.25, 0.3) is 83.1 Å². The molecule has 9 rings (SSSR count). The molecule has 0 radical (unpaired) electrons. The van der Waals surface area contributed by atoms with Crippen LogP contribution in [0, 0.1) is 11.3 Å². The summed E-state index contributed by atoms with van der Waals surface area (Å²) < 4.78 is 1.94. The Bertz CT molecular complexity index is 2650. The van der Waals surface area contributed by atoms with Crippen molar-refractivity contribution in [2.75, 3.05) is 0 Å². The second kappa shape index (κ2) is 11.8. The SMILES string of the molecule is N#Cc1ccc(-c2cc(-c3ccccc3)c3c(ccc4cc(-c5ccc(-c6cn7cccnc7n6)cc5)cc(-c5ccccc5)c43)c2)cc1. The predicted molar refractivity (Wildman–Crippen MR) is 200 cm³/mol. The summed E-state index contributed by atoms with van der Waals surface area (Å²) in [4.78, 5) is 9.09. The molecule has 0 N–H and O–H groups in total. The molecule has 0 fully saturated rings. The van der Waals surface area contributed by atoms with Crippen molar-refractivity contribution in [3.63, 3.8) is 0 Å². The van der Waals surface area contributed by atoms with Crippen LogP contribution in [0.4, 0.5) is 0 Å². The molecular formula is C45H28N4. The summed E-state index contributed by atoms with van der Waals surface area (Å²) in [7, 11) is 0. The molecule has 0 saturated heterocycles. The van der Waals surface area contributed by atoms with Crippen LogP contribution < -0.4 is 0 Å². The van der Waals surface area contributed by atoms with E-state index in [-0.39, 0.29) is 0 Å². The highest BCUT2D eigenvalue weighted by atomic mass is 15.1. The fraction of sp³-hybridized carbons (Fsp3) is 0. The number of hydrogen-bond acceptors (Lipinski definition) is 3. The Kier molecular flexibility index (Phi) is 6.81. The van der Waals surface area contributed by atoms with E-state index in [1.165, 1.54) is 38.2 Å². The van der Waals surface area contributed by atoms with Gasteiger partial charge in [0.05, 0.1) is 17.3 Å². The first-order chi connectivity index (χ1) is 24.2. The van der Waals surface area contributed by atoms with Gasteiger partial charge in [0.25, 0.3) is 0 Å². The fourth-order valence-corrected chi connectivity index (χ4v) is 6.89. The molecule has 0 atom stereocenters. The van der Waals surface area contributed by atoms with Crippen LogP contribution in [0.5, 0.6) is 0 Å². The number of rotatable bonds is 5. The molecule has 2 heterocycles. The van der Waals surface area contributed by atoms with Crippen molar-refractivity contribution < 1.29 is 0 Å². The monoisotopic (exact) mass is 624 g/mol. The predicted octanol–water partition coefficient (Wildman–Crippen LogP) is 11.2. The Morgan fingerprint density at radius 1 is 0.490 bits per heavy atom. The van der Waals surface area contributed by atoms with Gasteiger partial charge >= 0.3 is 0 Å². The standard InChI is InChI=1S/C45H28N4/c46-28-30-12-14-31(15-13-30)38-24-36-20-21-37-25-39(32-16-18-35(19-17-32)42-29-49-23-7-22-47-45(49)48-42)27-41(34-10-5-2-6-11-34)44(37)43(36)40(26-38)33-8-3-1-4-9-33/h1-27,29H. The molecule has 0 amide bonds. The molecule has 0 spiro atoms. The number of nitriles is 1. The number of benzene rings is 7. The summed E-state index contributed by atoms with van der Waals surface area (Å²) >= 11 is 0. The normalized spacial score (nSPS) is 11.2. The minimum Gasteiger partial charge on any atom is -0.291 e. The molecule has 2 aromatic heterocycles. The van der Waals surface area contributed by atoms with E-state index >= 15 is 0 Å². The third-order valence-electron chi connectivity index (χ3n) is 9.30. The van der Waals surface area contributed by atoms with Crippen LogP contribution in [0.3, 0.4) is 0 Å². The van der Waals surface area contributed by atoms with E-state index in [1.54, 1.807) is 6.20 Å². The number of aromatic nitrogens is 3. The minimum absolute atomic E-state index is 0.657. The van der Waals surface area contributed by atoms with Gasteiger partial charge in [-0.05, 0) is 109 Å². The first-order valence-corrected chi connectivity index (χ1v) is 16.3. The second-order valence-electron chi connectivity index (χ2n) is 12.3. The summed E-state index contributed by atoms with van der Waals surface area (Å²) in [5.41, 5.74) is 11.8. The van der Waals surface area contributed by atoms with Gasteiger partial charge in [0.15, 0.2) is 0 Å². The molecule has 4 heteroatoms. The zero-order chi connectivity index (χ0) is 32.7. The third kappa shape index (κ3) is 5.11. The number of fused-ring (bicyclic) bond motifs is 4. The largest absolute Gasteiger partial charge is 0.291 e. The topological polar surface area (TPSA) is 54.0 Å². The van der Waals surface area contributed by atoms with Crippen LogP contribution in [0.1, 0.15) is 5.56 Å². The van der Waals surface area contributed by atoms with Crippen molar-refractivity contribution in [1.29, 1.82) is 5.26 Å². The molecule has 0 saturated carbocycles. The second-order valence-corrected chi connectivity index (χ2v) is 12.3. The maximum atomic E-state index is 9.37. The quantitative estimate of drug-likeness (QED) is 0.179. The van der Waals surface area contributed by atoms with E-state index in [1.807, 2.05) is 47.1 Å². The minimum atomic E-state index is 0.657. The lowest BCUT2D eigenvalue weighted by Crippen LogP contribution is -1.91. The first-order valence-electron chi connectivity index (χ1n) is 16.3. The maximum Gasteiger partial charge on any atom is 0.234 e. The lowest BCUT2D eigenvalue weighted by Gasteiger charge is -2.18. The van der Waals surface area contributed by atoms with Gasteiger partial charge in [0.2, 0.25) is 5.78 Å². The van der Waals surface area contributed by atoms with Gasteiger partial charge < -0.3 is 0 Å². The van der Waals surface area contributed by atoms with Gasteiger partial charge in [-0.1, -0.05) is 109 Å². The van der Waals surface area contributed by atoms with Crippen LogP contribution in [0.15, 0.2) is 170 Å². The molecule has 0 aliphatic heterocycles. The number of nitrogens with zero attached hydrogens (tertiary/aromatic N) is 4. The third-order valence-corrected chi connectivity index (χ3v) is 9.30. The zero-order valence-electron chi connectivity index (χ0n) is 26.5. The lowest BCUT2D eigenvalue weighted by atomic mass is 9.85. The zero-order valence-corrected chi connectivity index (χ0v) is 26.5. The van der Waals surface area contributed by atoms with Gasteiger partial charge in [-0.2, -0.15) is 5.26 Å². The summed E-state index contributed by atoms with van der Waals surface area (Å²) in [6.45, 7) is 0. The Morgan fingerprint density at radius 3 is 1.55 bits per heavy atom. The first kappa shape index (κ1) is 28.4. The van der Waals surface area contributed by atoms with Crippen LogP contribution in [-0.2, 0) is 0 Å². The molecule has 0 unspecified atom stereocenters. The molecule has 9 aromatic rings. The Balaban J connectivity index is 1.26. The van der Waals surface area contributed by atoms with Gasteiger partial charge in [0.1, 0.15) is 0 Å². The lowest BCUT2D eigenvalue weighted by molar-refractivity contribution is 1.11. The van der Waals surface area contributed by atoms with Crippen molar-refractivity contribution in [3.05, 3.63) is 176 Å². The molecule has 7 aromatic carbocycles. The molecule has 0 aliphatic carbocycles. The highest BCUT2D eigenvalue weighted by molar-refractivity contribution is 6.21. The van der Waals surface area contributed by atoms with Gasteiger partial charge in [-0.25, -0.2) is 9.97 Å². The molecule has 228 valence electrons. The number of imidazole rings is 1. The van der Waals surface area contributed by atoms with E-state index < -0.39 is 0 Å². The Hall–Kier alpha value is -6.83. The molecule has 49 heavy (non-hydrogen) atoms. The molecule has 4 nitrogen and oxygen atoms in total. The van der Waals surface area contributed by atoms with Crippen LogP contribution in [-0.4, -0.2) is 14.4 Å². The Morgan fingerprint density at radius 2 is 1.02 bits per heavy atom. The average Bonchev–Trinajstić information content (AvgIpc) is 3.62. The number of hydrogen-bond donors (Lipinski definition) is 0. The smallest absolute Gasteiger partial charge is 0.234 e. The summed E-state index contributed by atoms with van der Waals surface area (Å²) in [6.07, 6.45) is 5.75. The van der Waals surface area contributed by atoms with E-state index in [9.17, 15) is 5.26 Å². The van der Waals surface area contributed by atoms with E-state index in [0.29, 0.717) is 11.3 Å². The van der Waals surface area contributed by atoms with Gasteiger partial charge in [-0.3, -0.25) is 4.40 Å². The highest BCUT2D eigenvalue weighted by Crippen LogP contribution is 2.43. The maximum absolute atomic E-state index is 9.37. The van der Waals surface area contributed by atoms with Crippen molar-refractivity contribution in [2.45, 2.75) is 0 Å². The summed E-state index contributed by atoms with van der Waals surface area (Å²) in [6, 6.07) is 55.7. The fourth-order valence-electron chi connectivity index (χ4n) is 6.89. The van der Waals surface area contributed by atoms with E-state index in [4.69, 9.17) is 4.98 Å². The van der Waals surface area contributed by atoms with Crippen LogP contribution >= 0.6 is 0 Å². The van der Waals surface area contributed by atoms with Crippen molar-refractivity contribution in [1.82, 2.24) is 14.4 Å². The van der Waals surface area contributed by atoms with Crippen molar-refractivity contribution in [3.8, 4) is 61.8 Å². The van der Waals surface area contributed by atoms with Crippen LogP contribution in [0.2, 0.25) is 0 Å². The van der Waals surface area contributed by atoms with Crippen molar-refractivity contribution >= 4 is 27.3 Å². The van der Waals surface area contributed by atoms with Crippen molar-refractivity contribution in [2.24, 2.45) is 0 Å². The van der Waals surface area contributed by atoms with E-state index in [2.05, 4.69) is 132 Å².